The molecule has 1 N–H and O–H groups in total. The molecule has 0 spiro atoms. The highest BCUT2D eigenvalue weighted by Crippen LogP contribution is 2.05. The number of hydrogen-bond acceptors (Lipinski definition) is 3. The lowest BCUT2D eigenvalue weighted by Crippen LogP contribution is -2.29. The van der Waals surface area contributed by atoms with Gasteiger partial charge in [-0.05, 0) is 67.8 Å². The van der Waals surface area contributed by atoms with Crippen molar-refractivity contribution in [3.63, 3.8) is 0 Å². The Morgan fingerprint density at radius 2 is 1.74 bits per heavy atom. The molecule has 0 radical (unpaired) electrons. The summed E-state index contributed by atoms with van der Waals surface area (Å²) in [6.07, 6.45) is 6.55. The lowest BCUT2D eigenvalue weighted by molar-refractivity contribution is 0.261. The molecule has 0 aliphatic carbocycles. The fraction of sp³-hybridized carbons (Fsp3) is 0.750. The Morgan fingerprint density at radius 1 is 1.05 bits per heavy atom. The molecule has 0 unspecified atom stereocenters. The molecule has 1 aromatic rings. The van der Waals surface area contributed by atoms with Crippen molar-refractivity contribution in [1.82, 2.24) is 10.2 Å². The maximum atomic E-state index is 3.54. The van der Waals surface area contributed by atoms with Crippen molar-refractivity contribution >= 4 is 11.3 Å². The molecule has 0 fully saturated rings. The quantitative estimate of drug-likeness (QED) is 0.580. The average Bonchev–Trinajstić information content (AvgIpc) is 2.93. The number of hydrogen-bond donors (Lipinski definition) is 1. The minimum Gasteiger partial charge on any atom is -0.313 e. The predicted octanol–water partition coefficient (Wildman–Crippen LogP) is 4.13. The summed E-state index contributed by atoms with van der Waals surface area (Å²) in [5.41, 5.74) is 1.42. The van der Waals surface area contributed by atoms with Gasteiger partial charge in [-0.15, -0.1) is 0 Å². The first-order chi connectivity index (χ1) is 9.36. The Morgan fingerprint density at radius 3 is 2.32 bits per heavy atom. The second-order valence-corrected chi connectivity index (χ2v) is 5.99. The van der Waals surface area contributed by atoms with Crippen molar-refractivity contribution in [2.24, 2.45) is 0 Å². The molecule has 0 saturated heterocycles. The largest absolute Gasteiger partial charge is 0.313 e. The zero-order chi connectivity index (χ0) is 13.8. The minimum atomic E-state index is 1.02. The van der Waals surface area contributed by atoms with Crippen LogP contribution >= 0.6 is 11.3 Å². The Bertz CT molecular complexity index is 277. The molecule has 0 aliphatic rings. The summed E-state index contributed by atoms with van der Waals surface area (Å²) in [7, 11) is 0. The minimum absolute atomic E-state index is 1.02. The van der Waals surface area contributed by atoms with Gasteiger partial charge in [0.05, 0.1) is 0 Å². The van der Waals surface area contributed by atoms with Crippen molar-refractivity contribution in [1.29, 1.82) is 0 Å². The Kier molecular flexibility index (Phi) is 10.0. The molecule has 0 aromatic carbocycles. The van der Waals surface area contributed by atoms with Gasteiger partial charge in [-0.3, -0.25) is 0 Å². The highest BCUT2D eigenvalue weighted by Gasteiger charge is 2.03. The van der Waals surface area contributed by atoms with Crippen molar-refractivity contribution in [3.05, 3.63) is 22.4 Å². The van der Waals surface area contributed by atoms with Crippen LogP contribution in [0.4, 0.5) is 0 Å². The predicted molar refractivity (Wildman–Crippen MR) is 86.9 cm³/mol. The number of nitrogens with one attached hydrogen (secondary N) is 1. The van der Waals surface area contributed by atoms with E-state index in [2.05, 4.69) is 40.9 Å². The molecular weight excluding hydrogens is 252 g/mol. The third-order valence-electron chi connectivity index (χ3n) is 3.39. The Balaban J connectivity index is 2.05. The van der Waals surface area contributed by atoms with Crippen LogP contribution in [0.2, 0.25) is 0 Å². The smallest absolute Gasteiger partial charge is 0.0213 e. The molecule has 0 amide bonds. The van der Waals surface area contributed by atoms with E-state index >= 15 is 0 Å². The summed E-state index contributed by atoms with van der Waals surface area (Å²) in [5, 5.41) is 7.91. The van der Waals surface area contributed by atoms with Gasteiger partial charge in [0.1, 0.15) is 0 Å². The van der Waals surface area contributed by atoms with Crippen LogP contribution in [-0.4, -0.2) is 31.1 Å². The van der Waals surface area contributed by atoms with Gasteiger partial charge in [-0.2, -0.15) is 11.3 Å². The molecule has 1 heterocycles. The molecule has 0 aliphatic heterocycles. The molecule has 1 aromatic heterocycles. The van der Waals surface area contributed by atoms with E-state index in [1.807, 2.05) is 0 Å². The van der Waals surface area contributed by atoms with Gasteiger partial charge in [0.2, 0.25) is 0 Å². The maximum Gasteiger partial charge on any atom is 0.0213 e. The first-order valence-electron chi connectivity index (χ1n) is 7.81. The number of unbranched alkanes of at least 4 members (excludes halogenated alkanes) is 2. The standard InChI is InChI=1S/C16H30N2S/c1-3-5-10-18(11-6-4-2)12-7-9-17-14-16-8-13-19-15-16/h8,13,15,17H,3-7,9-12,14H2,1-2H3. The summed E-state index contributed by atoms with van der Waals surface area (Å²) in [4.78, 5) is 2.64. The first-order valence-corrected chi connectivity index (χ1v) is 8.75. The lowest BCUT2D eigenvalue weighted by atomic mass is 10.2. The first kappa shape index (κ1) is 16.7. The van der Waals surface area contributed by atoms with E-state index in [1.165, 1.54) is 57.3 Å². The van der Waals surface area contributed by atoms with E-state index in [1.54, 1.807) is 11.3 Å². The van der Waals surface area contributed by atoms with Crippen LogP contribution in [0, 0.1) is 0 Å². The number of rotatable bonds is 12. The van der Waals surface area contributed by atoms with Gasteiger partial charge in [0.25, 0.3) is 0 Å². The van der Waals surface area contributed by atoms with Crippen LogP contribution in [0.5, 0.6) is 0 Å². The molecule has 2 nitrogen and oxygen atoms in total. The van der Waals surface area contributed by atoms with Crippen LogP contribution in [0.3, 0.4) is 0 Å². The van der Waals surface area contributed by atoms with Crippen LogP contribution < -0.4 is 5.32 Å². The molecule has 0 atom stereocenters. The van der Waals surface area contributed by atoms with Gasteiger partial charge in [-0.25, -0.2) is 0 Å². The molecule has 1 rings (SSSR count). The van der Waals surface area contributed by atoms with Crippen molar-refractivity contribution in [2.45, 2.75) is 52.5 Å². The van der Waals surface area contributed by atoms with Crippen molar-refractivity contribution in [2.75, 3.05) is 26.2 Å². The van der Waals surface area contributed by atoms with Gasteiger partial charge < -0.3 is 10.2 Å². The summed E-state index contributed by atoms with van der Waals surface area (Å²) < 4.78 is 0. The monoisotopic (exact) mass is 282 g/mol. The van der Waals surface area contributed by atoms with E-state index in [0.717, 1.165) is 13.1 Å². The van der Waals surface area contributed by atoms with Crippen molar-refractivity contribution < 1.29 is 0 Å². The van der Waals surface area contributed by atoms with Crippen LogP contribution in [0.15, 0.2) is 16.8 Å². The van der Waals surface area contributed by atoms with Gasteiger partial charge in [0.15, 0.2) is 0 Å². The van der Waals surface area contributed by atoms with E-state index in [4.69, 9.17) is 0 Å². The Hall–Kier alpha value is -0.380. The molecule has 0 bridgehead atoms. The lowest BCUT2D eigenvalue weighted by Gasteiger charge is -2.21. The fourth-order valence-electron chi connectivity index (χ4n) is 2.15. The second kappa shape index (κ2) is 11.4. The van der Waals surface area contributed by atoms with E-state index in [-0.39, 0.29) is 0 Å². The van der Waals surface area contributed by atoms with Gasteiger partial charge in [-0.1, -0.05) is 26.7 Å². The van der Waals surface area contributed by atoms with Crippen LogP contribution in [-0.2, 0) is 6.54 Å². The average molecular weight is 282 g/mol. The van der Waals surface area contributed by atoms with Gasteiger partial charge in [0, 0.05) is 6.54 Å². The third kappa shape index (κ3) is 8.40. The fourth-order valence-corrected chi connectivity index (χ4v) is 2.82. The molecule has 3 heteroatoms. The SMILES string of the molecule is CCCCN(CCCC)CCCNCc1ccsc1. The molecular formula is C16H30N2S. The van der Waals surface area contributed by atoms with E-state index < -0.39 is 0 Å². The molecule has 0 saturated carbocycles. The van der Waals surface area contributed by atoms with E-state index in [9.17, 15) is 0 Å². The summed E-state index contributed by atoms with van der Waals surface area (Å²) in [6, 6.07) is 2.20. The summed E-state index contributed by atoms with van der Waals surface area (Å²) in [5.74, 6) is 0. The van der Waals surface area contributed by atoms with Crippen LogP contribution in [0.25, 0.3) is 0 Å². The Labute approximate surface area is 123 Å². The zero-order valence-corrected chi connectivity index (χ0v) is 13.5. The van der Waals surface area contributed by atoms with Crippen LogP contribution in [0.1, 0.15) is 51.5 Å². The van der Waals surface area contributed by atoms with Crippen molar-refractivity contribution in [3.8, 4) is 0 Å². The summed E-state index contributed by atoms with van der Waals surface area (Å²) >= 11 is 1.78. The molecule has 19 heavy (non-hydrogen) atoms. The van der Waals surface area contributed by atoms with E-state index in [0.29, 0.717) is 0 Å². The topological polar surface area (TPSA) is 15.3 Å². The summed E-state index contributed by atoms with van der Waals surface area (Å²) in [6.45, 7) is 10.5. The van der Waals surface area contributed by atoms with Gasteiger partial charge >= 0.3 is 0 Å². The highest BCUT2D eigenvalue weighted by atomic mass is 32.1. The molecule has 110 valence electrons. The second-order valence-electron chi connectivity index (χ2n) is 5.21. The normalized spacial score (nSPS) is 11.3. The third-order valence-corrected chi connectivity index (χ3v) is 4.12. The maximum absolute atomic E-state index is 3.54. The number of nitrogens with zero attached hydrogens (tertiary/aromatic N) is 1. The number of thiophene rings is 1. The highest BCUT2D eigenvalue weighted by molar-refractivity contribution is 7.07. The zero-order valence-electron chi connectivity index (χ0n) is 12.7.